The van der Waals surface area contributed by atoms with Gasteiger partial charge in [-0.05, 0) is 31.2 Å². The summed E-state index contributed by atoms with van der Waals surface area (Å²) in [7, 11) is 1.57. The zero-order valence-electron chi connectivity index (χ0n) is 15.6. The summed E-state index contributed by atoms with van der Waals surface area (Å²) in [4.78, 5) is 16.2. The van der Waals surface area contributed by atoms with Gasteiger partial charge < -0.3 is 18.7 Å². The van der Waals surface area contributed by atoms with Crippen molar-refractivity contribution in [3.63, 3.8) is 0 Å². The average Bonchev–Trinajstić information content (AvgIpc) is 3.20. The fourth-order valence-electron chi connectivity index (χ4n) is 2.50. The maximum Gasteiger partial charge on any atom is 0.331 e. The minimum absolute atomic E-state index is 0.127. The minimum atomic E-state index is -0.525. The molecule has 0 spiro atoms. The fraction of sp³-hybridized carbons (Fsp3) is 0.190. The zero-order valence-corrected chi connectivity index (χ0v) is 15.6. The minimum Gasteiger partial charge on any atom is -0.496 e. The fourth-order valence-corrected chi connectivity index (χ4v) is 2.50. The van der Waals surface area contributed by atoms with Gasteiger partial charge in [-0.3, -0.25) is 0 Å². The average molecular weight is 380 g/mol. The lowest BCUT2D eigenvalue weighted by molar-refractivity contribution is -0.139. The molecular weight excluding hydrogens is 360 g/mol. The number of carbonyl (C=O) groups is 1. The number of benzene rings is 2. The van der Waals surface area contributed by atoms with Gasteiger partial charge in [-0.25, -0.2) is 4.79 Å². The van der Waals surface area contributed by atoms with Gasteiger partial charge >= 0.3 is 5.97 Å². The number of nitrogens with zero attached hydrogens (tertiary/aromatic N) is 2. The van der Waals surface area contributed by atoms with Crippen LogP contribution in [0.2, 0.25) is 0 Å². The molecule has 144 valence electrons. The number of aromatic nitrogens is 2. The standard InChI is InChI=1S/C21H20N2O5/c1-3-26-17-10-6-4-8-15(17)12-13-20(24)27-14-19-22-21(23-28-19)16-9-5-7-11-18(16)25-2/h4-13H,3,14H2,1-2H3/b13-12+. The van der Waals surface area contributed by atoms with E-state index in [1.807, 2.05) is 49.4 Å². The van der Waals surface area contributed by atoms with E-state index in [1.165, 1.54) is 6.08 Å². The molecule has 7 nitrogen and oxygen atoms in total. The summed E-state index contributed by atoms with van der Waals surface area (Å²) >= 11 is 0. The molecule has 0 N–H and O–H groups in total. The molecule has 0 unspecified atom stereocenters. The number of hydrogen-bond acceptors (Lipinski definition) is 7. The van der Waals surface area contributed by atoms with Gasteiger partial charge in [-0.1, -0.05) is 35.5 Å². The second-order valence-corrected chi connectivity index (χ2v) is 5.62. The first-order valence-electron chi connectivity index (χ1n) is 8.74. The highest BCUT2D eigenvalue weighted by atomic mass is 16.6. The molecule has 3 rings (SSSR count). The number of para-hydroxylation sites is 2. The van der Waals surface area contributed by atoms with Crippen molar-refractivity contribution in [2.24, 2.45) is 0 Å². The largest absolute Gasteiger partial charge is 0.496 e. The quantitative estimate of drug-likeness (QED) is 0.433. The van der Waals surface area contributed by atoms with Crippen LogP contribution in [0, 0.1) is 0 Å². The van der Waals surface area contributed by atoms with Crippen molar-refractivity contribution >= 4 is 12.0 Å². The normalized spacial score (nSPS) is 10.8. The van der Waals surface area contributed by atoms with E-state index >= 15 is 0 Å². The number of ether oxygens (including phenoxy) is 3. The summed E-state index contributed by atoms with van der Waals surface area (Å²) in [6.07, 6.45) is 2.97. The Bertz CT molecular complexity index is 965. The van der Waals surface area contributed by atoms with Gasteiger partial charge in [0.2, 0.25) is 5.82 Å². The van der Waals surface area contributed by atoms with Crippen molar-refractivity contribution in [2.75, 3.05) is 13.7 Å². The molecule has 3 aromatic rings. The third-order valence-corrected chi connectivity index (χ3v) is 3.77. The lowest BCUT2D eigenvalue weighted by atomic mass is 10.2. The van der Waals surface area contributed by atoms with E-state index in [4.69, 9.17) is 18.7 Å². The molecular formula is C21H20N2O5. The smallest absolute Gasteiger partial charge is 0.331 e. The molecule has 0 saturated heterocycles. The SMILES string of the molecule is CCOc1ccccc1/C=C/C(=O)OCc1nc(-c2ccccc2OC)no1. The van der Waals surface area contributed by atoms with Gasteiger partial charge in [0.25, 0.3) is 5.89 Å². The van der Waals surface area contributed by atoms with E-state index in [-0.39, 0.29) is 12.5 Å². The van der Waals surface area contributed by atoms with Crippen LogP contribution in [0.15, 0.2) is 59.1 Å². The Morgan fingerprint density at radius 3 is 2.64 bits per heavy atom. The summed E-state index contributed by atoms with van der Waals surface area (Å²) in [6.45, 7) is 2.32. The van der Waals surface area contributed by atoms with Crippen LogP contribution < -0.4 is 9.47 Å². The number of esters is 1. The molecule has 0 saturated carbocycles. The summed E-state index contributed by atoms with van der Waals surface area (Å²) in [5, 5.41) is 3.91. The van der Waals surface area contributed by atoms with Crippen molar-refractivity contribution in [1.29, 1.82) is 0 Å². The van der Waals surface area contributed by atoms with E-state index in [0.717, 1.165) is 5.56 Å². The Balaban J connectivity index is 1.61. The maximum absolute atomic E-state index is 12.0. The van der Waals surface area contributed by atoms with Crippen LogP contribution in [0.1, 0.15) is 18.4 Å². The van der Waals surface area contributed by atoms with Crippen LogP contribution in [0.4, 0.5) is 0 Å². The third kappa shape index (κ3) is 4.76. The highest BCUT2D eigenvalue weighted by molar-refractivity contribution is 5.87. The molecule has 2 aromatic carbocycles. The van der Waals surface area contributed by atoms with Crippen LogP contribution in [-0.4, -0.2) is 29.8 Å². The molecule has 28 heavy (non-hydrogen) atoms. The van der Waals surface area contributed by atoms with Crippen LogP contribution in [0.3, 0.4) is 0 Å². The molecule has 1 heterocycles. The lowest BCUT2D eigenvalue weighted by Gasteiger charge is -2.06. The summed E-state index contributed by atoms with van der Waals surface area (Å²) in [5.41, 5.74) is 1.48. The molecule has 0 fully saturated rings. The van der Waals surface area contributed by atoms with Crippen molar-refractivity contribution in [2.45, 2.75) is 13.5 Å². The summed E-state index contributed by atoms with van der Waals surface area (Å²) in [5.74, 6) is 1.36. The van der Waals surface area contributed by atoms with Gasteiger partial charge in [-0.15, -0.1) is 0 Å². The van der Waals surface area contributed by atoms with Gasteiger partial charge in [0.15, 0.2) is 6.61 Å². The number of hydrogen-bond donors (Lipinski definition) is 0. The topological polar surface area (TPSA) is 83.7 Å². The van der Waals surface area contributed by atoms with E-state index < -0.39 is 5.97 Å². The molecule has 0 aliphatic carbocycles. The number of methoxy groups -OCH3 is 1. The monoisotopic (exact) mass is 380 g/mol. The van der Waals surface area contributed by atoms with Gasteiger partial charge in [0.1, 0.15) is 11.5 Å². The first kappa shape index (κ1) is 19.2. The molecule has 1 aromatic heterocycles. The zero-order chi connectivity index (χ0) is 19.8. The Kier molecular flexibility index (Phi) is 6.41. The van der Waals surface area contributed by atoms with Crippen LogP contribution >= 0.6 is 0 Å². The Hall–Kier alpha value is -3.61. The Labute approximate surface area is 162 Å². The molecule has 0 amide bonds. The summed E-state index contributed by atoms with van der Waals surface area (Å²) in [6, 6.07) is 14.7. The molecule has 0 aliphatic heterocycles. The van der Waals surface area contributed by atoms with Crippen molar-refractivity contribution in [1.82, 2.24) is 10.1 Å². The Morgan fingerprint density at radius 1 is 1.11 bits per heavy atom. The van der Waals surface area contributed by atoms with Crippen molar-refractivity contribution in [3.8, 4) is 22.9 Å². The molecule has 7 heteroatoms. The molecule has 0 atom stereocenters. The summed E-state index contributed by atoms with van der Waals surface area (Å²) < 4.78 is 21.1. The van der Waals surface area contributed by atoms with E-state index in [0.29, 0.717) is 29.5 Å². The number of carbonyl (C=O) groups excluding carboxylic acids is 1. The second kappa shape index (κ2) is 9.36. The van der Waals surface area contributed by atoms with Gasteiger partial charge in [0, 0.05) is 11.6 Å². The second-order valence-electron chi connectivity index (χ2n) is 5.62. The predicted molar refractivity (Wildman–Crippen MR) is 103 cm³/mol. The molecule has 0 aliphatic rings. The van der Waals surface area contributed by atoms with E-state index in [1.54, 1.807) is 19.3 Å². The van der Waals surface area contributed by atoms with Crippen molar-refractivity contribution < 1.29 is 23.5 Å². The highest BCUT2D eigenvalue weighted by Crippen LogP contribution is 2.27. The Morgan fingerprint density at radius 2 is 1.86 bits per heavy atom. The van der Waals surface area contributed by atoms with Crippen LogP contribution in [-0.2, 0) is 16.1 Å². The first-order valence-corrected chi connectivity index (χ1v) is 8.74. The van der Waals surface area contributed by atoms with Crippen LogP contribution in [0.25, 0.3) is 17.5 Å². The predicted octanol–water partition coefficient (Wildman–Crippen LogP) is 3.90. The van der Waals surface area contributed by atoms with Crippen LogP contribution in [0.5, 0.6) is 11.5 Å². The molecule has 0 bridgehead atoms. The highest BCUT2D eigenvalue weighted by Gasteiger charge is 2.13. The maximum atomic E-state index is 12.0. The third-order valence-electron chi connectivity index (χ3n) is 3.77. The van der Waals surface area contributed by atoms with E-state index in [2.05, 4.69) is 10.1 Å². The molecule has 0 radical (unpaired) electrons. The van der Waals surface area contributed by atoms with Crippen molar-refractivity contribution in [3.05, 3.63) is 66.1 Å². The lowest BCUT2D eigenvalue weighted by Crippen LogP contribution is -2.01. The van der Waals surface area contributed by atoms with E-state index in [9.17, 15) is 4.79 Å². The van der Waals surface area contributed by atoms with Gasteiger partial charge in [-0.2, -0.15) is 4.98 Å². The number of rotatable bonds is 8. The first-order chi connectivity index (χ1) is 13.7. The van der Waals surface area contributed by atoms with Gasteiger partial charge in [0.05, 0.1) is 19.3 Å².